The van der Waals surface area contributed by atoms with Gasteiger partial charge in [0.05, 0.1) is 0 Å². The molecule has 104 valence electrons. The van der Waals surface area contributed by atoms with Crippen LogP contribution in [0.25, 0.3) is 4.96 Å². The highest BCUT2D eigenvalue weighted by Gasteiger charge is 2.25. The lowest BCUT2D eigenvalue weighted by atomic mass is 10.3. The number of aromatic nitrogens is 2. The van der Waals surface area contributed by atoms with Crippen molar-refractivity contribution in [3.8, 4) is 0 Å². The van der Waals surface area contributed by atoms with Crippen LogP contribution >= 0.6 is 34.5 Å². The number of benzene rings is 1. The molecular weight excluding hydrogens is 341 g/mol. The van der Waals surface area contributed by atoms with Crippen LogP contribution in [0.2, 0.25) is 10.2 Å². The van der Waals surface area contributed by atoms with Gasteiger partial charge in [-0.05, 0) is 24.3 Å². The monoisotopic (exact) mass is 347 g/mol. The Hall–Kier alpha value is -1.28. The molecule has 2 heterocycles. The number of hydrogen-bond donors (Lipinski definition) is 1. The van der Waals surface area contributed by atoms with Crippen molar-refractivity contribution in [3.05, 3.63) is 46.0 Å². The van der Waals surface area contributed by atoms with Crippen LogP contribution in [0.3, 0.4) is 0 Å². The van der Waals surface area contributed by atoms with Crippen molar-refractivity contribution in [2.24, 2.45) is 0 Å². The second kappa shape index (κ2) is 4.92. The third-order valence-electron chi connectivity index (χ3n) is 2.53. The van der Waals surface area contributed by atoms with E-state index in [0.29, 0.717) is 15.7 Å². The molecule has 2 aromatic heterocycles. The molecule has 0 saturated heterocycles. The average Bonchev–Trinajstić information content (AvgIpc) is 2.91. The summed E-state index contributed by atoms with van der Waals surface area (Å²) in [5, 5.41) is 2.12. The number of nitrogens with one attached hydrogen (secondary N) is 1. The first-order chi connectivity index (χ1) is 9.47. The Morgan fingerprint density at radius 2 is 1.90 bits per heavy atom. The van der Waals surface area contributed by atoms with Crippen LogP contribution in [-0.2, 0) is 10.0 Å². The number of hydrogen-bond acceptors (Lipinski definition) is 4. The molecule has 0 unspecified atom stereocenters. The molecule has 20 heavy (non-hydrogen) atoms. The molecule has 5 nitrogen and oxygen atoms in total. The summed E-state index contributed by atoms with van der Waals surface area (Å²) in [6, 6.07) is 6.33. The summed E-state index contributed by atoms with van der Waals surface area (Å²) >= 11 is 13.0. The predicted octanol–water partition coefficient (Wildman–Crippen LogP) is 3.50. The highest BCUT2D eigenvalue weighted by molar-refractivity contribution is 7.92. The lowest BCUT2D eigenvalue weighted by molar-refractivity contribution is 0.597. The van der Waals surface area contributed by atoms with Gasteiger partial charge in [0.1, 0.15) is 0 Å². The maximum absolute atomic E-state index is 12.4. The lowest BCUT2D eigenvalue weighted by Gasteiger charge is -2.07. The van der Waals surface area contributed by atoms with Gasteiger partial charge in [-0.15, -0.1) is 11.3 Å². The molecule has 0 saturated carbocycles. The van der Waals surface area contributed by atoms with E-state index in [0.717, 1.165) is 0 Å². The number of rotatable bonds is 3. The second-order valence-electron chi connectivity index (χ2n) is 3.88. The summed E-state index contributed by atoms with van der Waals surface area (Å²) < 4.78 is 28.7. The van der Waals surface area contributed by atoms with Crippen LogP contribution in [0.1, 0.15) is 0 Å². The normalized spacial score (nSPS) is 11.9. The highest BCUT2D eigenvalue weighted by atomic mass is 35.5. The topological polar surface area (TPSA) is 63.5 Å². The van der Waals surface area contributed by atoms with Crippen molar-refractivity contribution in [2.45, 2.75) is 5.03 Å². The van der Waals surface area contributed by atoms with Gasteiger partial charge < -0.3 is 0 Å². The van der Waals surface area contributed by atoms with Gasteiger partial charge in [0.25, 0.3) is 10.0 Å². The molecule has 0 spiro atoms. The molecule has 0 aliphatic carbocycles. The van der Waals surface area contributed by atoms with Crippen molar-refractivity contribution >= 4 is 55.2 Å². The molecule has 0 radical (unpaired) electrons. The Labute approximate surface area is 128 Å². The Morgan fingerprint density at radius 3 is 2.60 bits per heavy atom. The number of imidazole rings is 1. The number of thiazole rings is 1. The molecule has 1 aromatic carbocycles. The third-order valence-corrected chi connectivity index (χ3v) is 5.32. The first-order valence-corrected chi connectivity index (χ1v) is 8.49. The minimum Gasteiger partial charge on any atom is -0.278 e. The molecule has 0 bridgehead atoms. The molecular formula is C11H7Cl2N3O2S2. The van der Waals surface area contributed by atoms with Crippen molar-refractivity contribution in [2.75, 3.05) is 4.72 Å². The molecule has 0 aliphatic heterocycles. The number of sulfonamides is 1. The molecule has 9 heteroatoms. The Balaban J connectivity index is 2.05. The summed E-state index contributed by atoms with van der Waals surface area (Å²) in [5.74, 6) is 0. The van der Waals surface area contributed by atoms with Crippen molar-refractivity contribution < 1.29 is 8.42 Å². The fourth-order valence-corrected chi connectivity index (χ4v) is 4.34. The first kappa shape index (κ1) is 13.7. The maximum atomic E-state index is 12.4. The largest absolute Gasteiger partial charge is 0.281 e. The highest BCUT2D eigenvalue weighted by Crippen LogP contribution is 2.27. The van der Waals surface area contributed by atoms with Crippen LogP contribution in [0.4, 0.5) is 5.69 Å². The zero-order chi connectivity index (χ0) is 14.3. The van der Waals surface area contributed by atoms with Crippen molar-refractivity contribution in [1.29, 1.82) is 0 Å². The van der Waals surface area contributed by atoms with Gasteiger partial charge in [-0.25, -0.2) is 4.98 Å². The van der Waals surface area contributed by atoms with Crippen LogP contribution in [0, 0.1) is 0 Å². The van der Waals surface area contributed by atoms with Gasteiger partial charge in [-0.1, -0.05) is 23.2 Å². The van der Waals surface area contributed by atoms with E-state index in [-0.39, 0.29) is 10.2 Å². The quantitative estimate of drug-likeness (QED) is 0.788. The fraction of sp³-hybridized carbons (Fsp3) is 0. The smallest absolute Gasteiger partial charge is 0.278 e. The number of fused-ring (bicyclic) bond motifs is 1. The van der Waals surface area contributed by atoms with Gasteiger partial charge in [-0.2, -0.15) is 8.42 Å². The summed E-state index contributed by atoms with van der Waals surface area (Å²) in [6.45, 7) is 0. The van der Waals surface area contributed by atoms with Gasteiger partial charge in [-0.3, -0.25) is 9.12 Å². The van der Waals surface area contributed by atoms with E-state index in [1.54, 1.807) is 35.8 Å². The number of anilines is 1. The molecule has 1 N–H and O–H groups in total. The SMILES string of the molecule is O=S(=O)(Nc1ccc(Cl)cc1)c1c(Cl)nc2sccn12. The zero-order valence-corrected chi connectivity index (χ0v) is 12.9. The van der Waals surface area contributed by atoms with E-state index in [1.807, 2.05) is 0 Å². The van der Waals surface area contributed by atoms with E-state index < -0.39 is 10.0 Å². The van der Waals surface area contributed by atoms with E-state index in [1.165, 1.54) is 15.7 Å². The van der Waals surface area contributed by atoms with Gasteiger partial charge in [0.2, 0.25) is 0 Å². The maximum Gasteiger partial charge on any atom is 0.281 e. The van der Waals surface area contributed by atoms with Crippen LogP contribution < -0.4 is 4.72 Å². The van der Waals surface area contributed by atoms with Gasteiger partial charge in [0.15, 0.2) is 15.1 Å². The Bertz CT molecular complexity index is 869. The van der Waals surface area contributed by atoms with E-state index >= 15 is 0 Å². The number of nitrogens with zero attached hydrogens (tertiary/aromatic N) is 2. The van der Waals surface area contributed by atoms with Gasteiger partial charge in [0, 0.05) is 22.3 Å². The summed E-state index contributed by atoms with van der Waals surface area (Å²) in [6.07, 6.45) is 1.61. The minimum absolute atomic E-state index is 0.0571. The summed E-state index contributed by atoms with van der Waals surface area (Å²) in [7, 11) is -3.83. The summed E-state index contributed by atoms with van der Waals surface area (Å²) in [4.78, 5) is 4.52. The summed E-state index contributed by atoms with van der Waals surface area (Å²) in [5.41, 5.74) is 0.399. The molecule has 0 aliphatic rings. The average molecular weight is 348 g/mol. The van der Waals surface area contributed by atoms with E-state index in [4.69, 9.17) is 23.2 Å². The third kappa shape index (κ3) is 2.37. The molecule has 3 aromatic rings. The van der Waals surface area contributed by atoms with Crippen LogP contribution in [0.5, 0.6) is 0 Å². The zero-order valence-electron chi connectivity index (χ0n) is 9.75. The fourth-order valence-electron chi connectivity index (χ4n) is 1.70. The molecule has 0 amide bonds. The van der Waals surface area contributed by atoms with Crippen LogP contribution in [0.15, 0.2) is 40.9 Å². The van der Waals surface area contributed by atoms with Crippen molar-refractivity contribution in [1.82, 2.24) is 9.38 Å². The standard InChI is InChI=1S/C11H7Cl2N3O2S2/c12-7-1-3-8(4-2-7)15-20(17,18)10-9(13)14-11-16(10)5-6-19-11/h1-6,15H. The number of halogens is 2. The first-order valence-electron chi connectivity index (χ1n) is 5.37. The second-order valence-corrected chi connectivity index (χ2v) is 7.14. The Morgan fingerprint density at radius 1 is 1.20 bits per heavy atom. The Kier molecular flexibility index (Phi) is 3.37. The predicted molar refractivity (Wildman–Crippen MR) is 80.3 cm³/mol. The van der Waals surface area contributed by atoms with Crippen LogP contribution in [-0.4, -0.2) is 17.8 Å². The minimum atomic E-state index is -3.83. The molecule has 0 fully saturated rings. The van der Waals surface area contributed by atoms with Gasteiger partial charge >= 0.3 is 0 Å². The van der Waals surface area contributed by atoms with E-state index in [2.05, 4.69) is 9.71 Å². The molecule has 0 atom stereocenters. The van der Waals surface area contributed by atoms with E-state index in [9.17, 15) is 8.42 Å². The van der Waals surface area contributed by atoms with Crippen molar-refractivity contribution in [3.63, 3.8) is 0 Å². The molecule has 3 rings (SSSR count). The lowest BCUT2D eigenvalue weighted by Crippen LogP contribution is -2.15.